The molecule has 0 saturated carbocycles. The summed E-state index contributed by atoms with van der Waals surface area (Å²) >= 11 is 17.2. The molecule has 0 aliphatic rings. The third-order valence-corrected chi connectivity index (χ3v) is 2.66. The first-order chi connectivity index (χ1) is 6.02. The fraction of sp³-hybridized carbons (Fsp3) is 0.125. The summed E-state index contributed by atoms with van der Waals surface area (Å²) in [5.41, 5.74) is 0.350. The molecule has 0 unspecified atom stereocenters. The van der Waals surface area contributed by atoms with E-state index in [2.05, 4.69) is 0 Å². The quantitative estimate of drug-likeness (QED) is 0.658. The van der Waals surface area contributed by atoms with Crippen molar-refractivity contribution in [3.8, 4) is 0 Å². The summed E-state index contributed by atoms with van der Waals surface area (Å²) in [4.78, 5) is 10.4. The number of carboxylic acid groups (broad SMARTS) is 1. The van der Waals surface area contributed by atoms with Crippen molar-refractivity contribution in [2.24, 2.45) is 0 Å². The van der Waals surface area contributed by atoms with Crippen LogP contribution in [0.2, 0.25) is 15.1 Å². The van der Waals surface area contributed by atoms with E-state index < -0.39 is 5.97 Å². The molecule has 0 saturated heterocycles. The topological polar surface area (TPSA) is 37.3 Å². The Balaban J connectivity index is 0.00000169. The maximum atomic E-state index is 10.4. The molecule has 2 nitrogen and oxygen atoms in total. The molecule has 72 valence electrons. The van der Waals surface area contributed by atoms with Gasteiger partial charge in [0.25, 0.3) is 0 Å². The Bertz CT molecular complexity index is 355. The molecule has 0 heterocycles. The Kier molecular flexibility index (Phi) is 6.46. The van der Waals surface area contributed by atoms with Crippen molar-refractivity contribution in [1.29, 1.82) is 0 Å². The first-order valence-electron chi connectivity index (χ1n) is 3.36. The van der Waals surface area contributed by atoms with Crippen molar-refractivity contribution in [2.45, 2.75) is 6.42 Å². The van der Waals surface area contributed by atoms with Crippen LogP contribution in [-0.2, 0) is 11.2 Å². The summed E-state index contributed by atoms with van der Waals surface area (Å²) in [6.45, 7) is 0. The van der Waals surface area contributed by atoms with Crippen molar-refractivity contribution in [1.82, 2.24) is 0 Å². The number of hydrogen-bond acceptors (Lipinski definition) is 1. The Hall–Kier alpha value is 0.560. The number of benzene rings is 1. The summed E-state index contributed by atoms with van der Waals surface area (Å²) in [6.07, 6.45) is -0.224. The van der Waals surface area contributed by atoms with Crippen LogP contribution in [0.25, 0.3) is 0 Å². The first kappa shape index (κ1) is 14.6. The summed E-state index contributed by atoms with van der Waals surface area (Å²) in [6, 6.07) is 3.05. The van der Waals surface area contributed by atoms with Crippen LogP contribution >= 0.6 is 34.8 Å². The number of aliphatic carboxylic acids is 1. The van der Waals surface area contributed by atoms with Crippen molar-refractivity contribution >= 4 is 70.3 Å². The minimum atomic E-state index is -0.994. The molecular weight excluding hydrogens is 257 g/mol. The number of halogens is 3. The monoisotopic (exact) mass is 262 g/mol. The van der Waals surface area contributed by atoms with Gasteiger partial charge in [-0.05, 0) is 12.1 Å². The van der Waals surface area contributed by atoms with Gasteiger partial charge in [0.05, 0.1) is 16.5 Å². The Morgan fingerprint density at radius 1 is 1.21 bits per heavy atom. The minimum absolute atomic E-state index is 0. The van der Waals surface area contributed by atoms with Crippen LogP contribution in [0, 0.1) is 0 Å². The SMILES string of the molecule is O=C(O)Cc1c(Cl)ccc(Cl)c1Cl.[NaH]. The number of rotatable bonds is 2. The van der Waals surface area contributed by atoms with E-state index >= 15 is 0 Å². The molecule has 1 aromatic rings. The predicted octanol–water partition coefficient (Wildman–Crippen LogP) is 2.63. The second kappa shape index (κ2) is 6.21. The molecule has 1 rings (SSSR count). The van der Waals surface area contributed by atoms with Crippen molar-refractivity contribution in [3.63, 3.8) is 0 Å². The molecule has 0 spiro atoms. The van der Waals surface area contributed by atoms with Crippen molar-refractivity contribution < 1.29 is 9.90 Å². The third-order valence-electron chi connectivity index (χ3n) is 1.47. The third kappa shape index (κ3) is 3.61. The number of carbonyl (C=O) groups is 1. The molecule has 0 aromatic heterocycles. The second-order valence-electron chi connectivity index (χ2n) is 2.39. The summed E-state index contributed by atoms with van der Waals surface area (Å²) in [7, 11) is 0. The first-order valence-corrected chi connectivity index (χ1v) is 4.50. The fourth-order valence-electron chi connectivity index (χ4n) is 0.882. The summed E-state index contributed by atoms with van der Waals surface area (Å²) < 4.78 is 0. The van der Waals surface area contributed by atoms with Crippen LogP contribution in [0.1, 0.15) is 5.56 Å². The van der Waals surface area contributed by atoms with Crippen LogP contribution in [0.4, 0.5) is 0 Å². The van der Waals surface area contributed by atoms with Gasteiger partial charge in [-0.15, -0.1) is 0 Å². The Morgan fingerprint density at radius 2 is 1.71 bits per heavy atom. The Morgan fingerprint density at radius 3 is 2.21 bits per heavy atom. The van der Waals surface area contributed by atoms with Crippen molar-refractivity contribution in [2.75, 3.05) is 0 Å². The van der Waals surface area contributed by atoms with Gasteiger partial charge in [-0.3, -0.25) is 4.79 Å². The zero-order valence-electron chi connectivity index (χ0n) is 6.35. The molecular formula is C8H6Cl3NaO2. The van der Waals surface area contributed by atoms with Crippen LogP contribution in [0.15, 0.2) is 12.1 Å². The van der Waals surface area contributed by atoms with Crippen LogP contribution in [0.5, 0.6) is 0 Å². The number of hydrogen-bond donors (Lipinski definition) is 1. The van der Waals surface area contributed by atoms with Gasteiger partial charge in [-0.2, -0.15) is 0 Å². The molecule has 0 aliphatic carbocycles. The van der Waals surface area contributed by atoms with Crippen LogP contribution in [-0.4, -0.2) is 40.6 Å². The predicted molar refractivity (Wildman–Crippen MR) is 60.0 cm³/mol. The van der Waals surface area contributed by atoms with E-state index in [1.807, 2.05) is 0 Å². The van der Waals surface area contributed by atoms with E-state index in [1.165, 1.54) is 12.1 Å². The van der Waals surface area contributed by atoms with E-state index in [4.69, 9.17) is 39.9 Å². The molecule has 1 N–H and O–H groups in total. The average Bonchev–Trinajstić information content (AvgIpc) is 2.05. The van der Waals surface area contributed by atoms with Gasteiger partial charge in [-0.1, -0.05) is 34.8 Å². The van der Waals surface area contributed by atoms with Crippen LogP contribution in [0.3, 0.4) is 0 Å². The Labute approximate surface area is 118 Å². The normalized spacial score (nSPS) is 9.36. The van der Waals surface area contributed by atoms with Gasteiger partial charge < -0.3 is 5.11 Å². The van der Waals surface area contributed by atoms with Gasteiger partial charge in [0.15, 0.2) is 0 Å². The van der Waals surface area contributed by atoms with Gasteiger partial charge in [0, 0.05) is 10.6 Å². The second-order valence-corrected chi connectivity index (χ2v) is 3.58. The van der Waals surface area contributed by atoms with E-state index in [9.17, 15) is 4.79 Å². The summed E-state index contributed by atoms with van der Waals surface area (Å²) in [5.74, 6) is -0.994. The van der Waals surface area contributed by atoms with E-state index in [1.54, 1.807) is 0 Å². The standard InChI is InChI=1S/C8H5Cl3O2.Na.H/c9-5-1-2-6(10)8(11)4(5)3-7(12)13;;/h1-2H,3H2,(H,12,13);;. The fourth-order valence-corrected chi connectivity index (χ4v) is 1.56. The van der Waals surface area contributed by atoms with Crippen LogP contribution < -0.4 is 0 Å². The van der Waals surface area contributed by atoms with Crippen molar-refractivity contribution in [3.05, 3.63) is 32.8 Å². The molecule has 0 amide bonds. The zero-order valence-corrected chi connectivity index (χ0v) is 8.62. The van der Waals surface area contributed by atoms with Gasteiger partial charge in [0.2, 0.25) is 0 Å². The van der Waals surface area contributed by atoms with E-state index in [-0.39, 0.29) is 41.0 Å². The van der Waals surface area contributed by atoms with Gasteiger partial charge in [-0.25, -0.2) is 0 Å². The zero-order chi connectivity index (χ0) is 10.0. The molecule has 0 radical (unpaired) electrons. The molecule has 0 atom stereocenters. The van der Waals surface area contributed by atoms with E-state index in [0.29, 0.717) is 15.6 Å². The average molecular weight is 263 g/mol. The summed E-state index contributed by atoms with van der Waals surface area (Å²) in [5, 5.41) is 9.38. The molecule has 0 aliphatic heterocycles. The molecule has 0 fully saturated rings. The number of carboxylic acids is 1. The molecule has 14 heavy (non-hydrogen) atoms. The molecule has 6 heteroatoms. The maximum absolute atomic E-state index is 10.4. The molecule has 1 aromatic carbocycles. The van der Waals surface area contributed by atoms with Gasteiger partial charge in [0.1, 0.15) is 0 Å². The van der Waals surface area contributed by atoms with Gasteiger partial charge >= 0.3 is 35.5 Å². The van der Waals surface area contributed by atoms with E-state index in [0.717, 1.165) is 0 Å². The molecule has 0 bridgehead atoms.